The van der Waals surface area contributed by atoms with E-state index in [2.05, 4.69) is 51.5 Å². The van der Waals surface area contributed by atoms with Gasteiger partial charge >= 0.3 is 0 Å². The molecule has 0 saturated carbocycles. The summed E-state index contributed by atoms with van der Waals surface area (Å²) < 4.78 is 0. The first-order valence-corrected chi connectivity index (χ1v) is 4.60. The van der Waals surface area contributed by atoms with Gasteiger partial charge in [-0.3, -0.25) is 0 Å². The first-order valence-electron chi connectivity index (χ1n) is 4.60. The van der Waals surface area contributed by atoms with Crippen molar-refractivity contribution in [1.29, 1.82) is 0 Å². The molecule has 13 heavy (non-hydrogen) atoms. The first kappa shape index (κ1) is 11.1. The van der Waals surface area contributed by atoms with Crippen molar-refractivity contribution in [3.8, 4) is 0 Å². The molecule has 0 aliphatic rings. The molecule has 0 amide bonds. The maximum Gasteiger partial charge on any atom is 0 e. The van der Waals surface area contributed by atoms with Gasteiger partial charge in [0.25, 0.3) is 0 Å². The molecule has 1 heteroatoms. The third-order valence-electron chi connectivity index (χ3n) is 1.96. The smallest absolute Gasteiger partial charge is 0 e. The molecule has 0 fully saturated rings. The summed E-state index contributed by atoms with van der Waals surface area (Å²) in [6, 6.07) is 8.79. The van der Waals surface area contributed by atoms with Crippen molar-refractivity contribution in [1.82, 2.24) is 0 Å². The number of rotatable bonds is 3. The van der Waals surface area contributed by atoms with Crippen LogP contribution in [0.1, 0.15) is 31.9 Å². The van der Waals surface area contributed by atoms with Gasteiger partial charge in [0.2, 0.25) is 0 Å². The van der Waals surface area contributed by atoms with Gasteiger partial charge in [-0.25, -0.2) is 0 Å². The Kier molecular flexibility index (Phi) is 4.15. The molecule has 0 N–H and O–H groups in total. The van der Waals surface area contributed by atoms with E-state index in [1.165, 1.54) is 17.5 Å². The van der Waals surface area contributed by atoms with E-state index >= 15 is 0 Å². The molecule has 1 rings (SSSR count). The van der Waals surface area contributed by atoms with Gasteiger partial charge in [0.15, 0.2) is 0 Å². The van der Waals surface area contributed by atoms with E-state index in [-0.39, 0.29) is 0 Å². The average Bonchev–Trinajstić information content (AvgIpc) is 2.05. The number of hydrogen-bond acceptors (Lipinski definition) is 0. The molecule has 1 aromatic rings. The van der Waals surface area contributed by atoms with Crippen LogP contribution in [0.2, 0.25) is 0 Å². The van der Waals surface area contributed by atoms with Crippen LogP contribution >= 0.6 is 0 Å². The van der Waals surface area contributed by atoms with Gasteiger partial charge in [0, 0.05) is 0 Å². The Labute approximate surface area is 75.6 Å². The van der Waals surface area contributed by atoms with Crippen LogP contribution in [0.3, 0.4) is 0 Å². The number of hydrogen-bond donors (Lipinski definition) is 0. The monoisotopic (exact) mass is 419 g/mol. The van der Waals surface area contributed by atoms with Crippen LogP contribution in [0.15, 0.2) is 24.3 Å². The average molecular weight is 419 g/mol. The van der Waals surface area contributed by atoms with Crippen molar-refractivity contribution in [2.75, 3.05) is 0 Å². The van der Waals surface area contributed by atoms with E-state index in [1.54, 1.807) is 0 Å². The van der Waals surface area contributed by atoms with Crippen molar-refractivity contribution < 1.29 is 0 Å². The van der Waals surface area contributed by atoms with Crippen molar-refractivity contribution in [3.63, 3.8) is 0 Å². The first-order chi connectivity index (χ1) is 5.72. The normalized spacial score (nSPS) is 9.54. The van der Waals surface area contributed by atoms with Crippen LogP contribution in [0.5, 0.6) is 0 Å². The zero-order valence-corrected chi connectivity index (χ0v) is 10.8. The van der Waals surface area contributed by atoms with Gasteiger partial charge in [0.1, 0.15) is 0 Å². The van der Waals surface area contributed by atoms with Crippen molar-refractivity contribution in [2.45, 2.75) is 27.2 Å². The third-order valence-corrected chi connectivity index (χ3v) is 1.96. The van der Waals surface area contributed by atoms with Gasteiger partial charge in [-0.15, -0.1) is 12.1 Å². The summed E-state index contributed by atoms with van der Waals surface area (Å²) in [5.74, 6) is 0.751. The summed E-state index contributed by atoms with van der Waals surface area (Å²) >= 11 is 0. The van der Waals surface area contributed by atoms with Crippen LogP contribution in [0.4, 0.5) is 0 Å². The van der Waals surface area contributed by atoms with E-state index < -0.39 is 0 Å². The molecule has 1 aromatic carbocycles. The fraction of sp³-hybridized carbons (Fsp3) is 0.417. The molecule has 0 spiro atoms. The van der Waals surface area contributed by atoms with Gasteiger partial charge in [-0.05, 0) is 12.3 Å². The number of benzene rings is 1. The second kappa shape index (κ2) is 4.87. The predicted octanol–water partition coefficient (Wildman–Crippen LogP) is 3.46. The molecule has 0 aliphatic heterocycles. The summed E-state index contributed by atoms with van der Waals surface area (Å²) in [5, 5.41) is 0. The molecule has 0 saturated heterocycles. The van der Waals surface area contributed by atoms with Crippen molar-refractivity contribution >= 4 is 0 Å². The summed E-state index contributed by atoms with van der Waals surface area (Å²) in [4.78, 5) is 0. The molecule has 0 atom stereocenters. The molecule has 79 valence electrons. The predicted molar refractivity (Wildman–Crippen MR) is 54.1 cm³/mol. The van der Waals surface area contributed by atoms with Gasteiger partial charge in [0.05, 0.1) is 0 Å². The largest absolute Gasteiger partial charge is 0.192 e. The van der Waals surface area contributed by atoms with Gasteiger partial charge < -0.3 is 0 Å². The molecule has 0 aliphatic carbocycles. The van der Waals surface area contributed by atoms with E-state index in [1.807, 2.05) is 0 Å². The van der Waals surface area contributed by atoms with E-state index in [0.29, 0.717) is 0 Å². The summed E-state index contributed by atoms with van der Waals surface area (Å²) in [5.41, 5.74) is 2.75. The Bertz CT molecular complexity index is 223. The Hall–Kier alpha value is -1.91. The summed E-state index contributed by atoms with van der Waals surface area (Å²) in [6.45, 7) is 6.57. The SMILES string of the molecule is C[CH-]c1ccc(CC(C)C)cc1.[Md]. The second-order valence-corrected chi connectivity index (χ2v) is 3.63. The molecule has 0 unspecified atom stereocenters. The third kappa shape index (κ3) is 3.33. The Morgan fingerprint density at radius 3 is 2.08 bits per heavy atom. The van der Waals surface area contributed by atoms with E-state index in [4.69, 9.17) is 0 Å². The topological polar surface area (TPSA) is 0 Å². The Morgan fingerprint density at radius 1 is 1.15 bits per heavy atom. The molecule has 0 aromatic heterocycles. The fourth-order valence-corrected chi connectivity index (χ4v) is 1.32. The molecule has 0 bridgehead atoms. The summed E-state index contributed by atoms with van der Waals surface area (Å²) in [6.07, 6.45) is 3.31. The second-order valence-electron chi connectivity index (χ2n) is 3.63. The Morgan fingerprint density at radius 2 is 1.69 bits per heavy atom. The minimum Gasteiger partial charge on any atom is -0.192 e. The Balaban J connectivity index is 0.00000144. The van der Waals surface area contributed by atoms with Crippen molar-refractivity contribution in [2.24, 2.45) is 5.92 Å². The van der Waals surface area contributed by atoms with Crippen LogP contribution < -0.4 is 0 Å². The van der Waals surface area contributed by atoms with Crippen molar-refractivity contribution in [3.05, 3.63) is 41.8 Å². The molecule has 1 radical (unpaired) electrons. The quantitative estimate of drug-likeness (QED) is 0.659. The maximum absolute atomic E-state index is 2.25. The minimum atomic E-state index is 0. The maximum atomic E-state index is 2.25. The minimum absolute atomic E-state index is 0. The zero-order valence-electron chi connectivity index (χ0n) is 8.45. The fourth-order valence-electron chi connectivity index (χ4n) is 1.32. The molecular formula is C12H17Md-. The van der Waals surface area contributed by atoms with Gasteiger partial charge in [-0.1, -0.05) is 26.3 Å². The van der Waals surface area contributed by atoms with Crippen LogP contribution in [0.25, 0.3) is 0 Å². The standard InChI is InChI=1S/C12H17.Md/c1-4-11-5-7-12(8-6-11)9-10(2)3;/h4-8,10H,9H2,1-3H3;/q-1;. The van der Waals surface area contributed by atoms with Crippen LogP contribution in [-0.4, -0.2) is 0 Å². The zero-order chi connectivity index (χ0) is 8.97. The summed E-state index contributed by atoms with van der Waals surface area (Å²) in [7, 11) is 0. The molecule has 0 heterocycles. The van der Waals surface area contributed by atoms with E-state index in [9.17, 15) is 0 Å². The molecular weight excluding hydrogens is 402 g/mol. The van der Waals surface area contributed by atoms with Crippen LogP contribution in [-0.2, 0) is 6.42 Å². The molecule has 0 nitrogen and oxygen atoms in total. The van der Waals surface area contributed by atoms with Crippen LogP contribution in [0, 0.1) is 12.3 Å². The van der Waals surface area contributed by atoms with Gasteiger partial charge in [-0.2, -0.15) is 24.1 Å². The van der Waals surface area contributed by atoms with E-state index in [0.717, 1.165) is 5.92 Å².